The van der Waals surface area contributed by atoms with E-state index in [9.17, 15) is 0 Å². The summed E-state index contributed by atoms with van der Waals surface area (Å²) < 4.78 is 0. The van der Waals surface area contributed by atoms with Gasteiger partial charge in [0.2, 0.25) is 0 Å². The molecule has 0 aliphatic heterocycles. The average molecular weight is 579 g/mol. The maximum atomic E-state index is 2.41. The Morgan fingerprint density at radius 3 is 0.568 bits per heavy atom. The zero-order chi connectivity index (χ0) is 32.0. The topological polar surface area (TPSA) is 0 Å². The van der Waals surface area contributed by atoms with E-state index in [1.165, 1.54) is 100 Å². The van der Waals surface area contributed by atoms with Crippen LogP contribution < -0.4 is 0 Å². The molecule has 0 amide bonds. The number of rotatable bonds is 6. The van der Waals surface area contributed by atoms with Crippen molar-refractivity contribution in [1.29, 1.82) is 0 Å². The minimum absolute atomic E-state index is 0.172. The Balaban J connectivity index is 1.70. The molecule has 0 aromatic heterocycles. The van der Waals surface area contributed by atoms with Gasteiger partial charge in [-0.1, -0.05) is 72.8 Å². The second kappa shape index (κ2) is 12.2. The van der Waals surface area contributed by atoms with E-state index < -0.39 is 0 Å². The van der Waals surface area contributed by atoms with Crippen LogP contribution in [0.2, 0.25) is 0 Å². The van der Waals surface area contributed by atoms with Gasteiger partial charge in [-0.05, 0) is 183 Å². The summed E-state index contributed by atoms with van der Waals surface area (Å²) in [5.41, 5.74) is 24.6. The summed E-state index contributed by atoms with van der Waals surface area (Å²) in [4.78, 5) is 0. The van der Waals surface area contributed by atoms with E-state index in [-0.39, 0.29) is 11.8 Å². The number of aryl methyl sites for hydroxylation is 8. The molecule has 0 bridgehead atoms. The highest BCUT2D eigenvalue weighted by molar-refractivity contribution is 5.54. The van der Waals surface area contributed by atoms with Gasteiger partial charge in [0.1, 0.15) is 0 Å². The minimum Gasteiger partial charge on any atom is -0.0578 e. The molecule has 0 unspecified atom stereocenters. The van der Waals surface area contributed by atoms with Crippen LogP contribution in [0.15, 0.2) is 72.8 Å². The molecule has 0 saturated heterocycles. The van der Waals surface area contributed by atoms with Crippen molar-refractivity contribution in [2.45, 2.75) is 94.9 Å². The van der Waals surface area contributed by atoms with E-state index in [2.05, 4.69) is 156 Å². The quantitative estimate of drug-likeness (QED) is 0.176. The molecule has 0 N–H and O–H groups in total. The Labute approximate surface area is 267 Å². The summed E-state index contributed by atoms with van der Waals surface area (Å²) in [6.07, 6.45) is 0. The summed E-state index contributed by atoms with van der Waals surface area (Å²) in [6, 6.07) is 28.8. The molecule has 0 fully saturated rings. The van der Waals surface area contributed by atoms with Crippen molar-refractivity contribution >= 4 is 0 Å². The normalized spacial score (nSPS) is 11.6. The van der Waals surface area contributed by atoms with E-state index in [0.29, 0.717) is 0 Å². The van der Waals surface area contributed by atoms with Crippen molar-refractivity contribution in [2.75, 3.05) is 0 Å². The minimum atomic E-state index is 0.172. The largest absolute Gasteiger partial charge is 0.0578 e. The third kappa shape index (κ3) is 5.92. The van der Waals surface area contributed by atoms with Crippen LogP contribution in [0.3, 0.4) is 0 Å². The molecule has 5 aromatic rings. The summed E-state index contributed by atoms with van der Waals surface area (Å²) >= 11 is 0. The molecule has 5 aromatic carbocycles. The molecular weight excluding hydrogens is 528 g/mol. The average Bonchev–Trinajstić information content (AvgIpc) is 2.97. The number of hydrogen-bond donors (Lipinski definition) is 0. The molecule has 226 valence electrons. The standard InChI is InChI=1S/C44H50/c1-25-17-39(18-26(2)33(25)9)43(40-19-27(3)34(10)28(4)20-40)37-13-15-38(16-14-37)44(41-21-29(5)35(11)30(6)22-41)42-23-31(7)36(12)32(8)24-42/h13-24,43-44H,1-12H3. The maximum Gasteiger partial charge on any atom is 0.0340 e. The zero-order valence-corrected chi connectivity index (χ0v) is 29.1. The lowest BCUT2D eigenvalue weighted by Crippen LogP contribution is -2.09. The summed E-state index contributed by atoms with van der Waals surface area (Å²) in [6.45, 7) is 26.9. The van der Waals surface area contributed by atoms with Crippen molar-refractivity contribution < 1.29 is 0 Å². The molecule has 0 atom stereocenters. The van der Waals surface area contributed by atoms with E-state index in [1.54, 1.807) is 0 Å². The van der Waals surface area contributed by atoms with Gasteiger partial charge >= 0.3 is 0 Å². The molecule has 0 aliphatic rings. The molecule has 44 heavy (non-hydrogen) atoms. The predicted molar refractivity (Wildman–Crippen MR) is 191 cm³/mol. The molecule has 0 heterocycles. The molecule has 5 rings (SSSR count). The second-order valence-corrected chi connectivity index (χ2v) is 13.7. The van der Waals surface area contributed by atoms with Gasteiger partial charge in [-0.3, -0.25) is 0 Å². The third-order valence-electron chi connectivity index (χ3n) is 10.7. The smallest absolute Gasteiger partial charge is 0.0340 e. The summed E-state index contributed by atoms with van der Waals surface area (Å²) in [7, 11) is 0. The highest BCUT2D eigenvalue weighted by Crippen LogP contribution is 2.39. The molecular formula is C44H50. The Bertz CT molecular complexity index is 1520. The van der Waals surface area contributed by atoms with Crippen LogP contribution in [0, 0.1) is 83.1 Å². The first-order valence-electron chi connectivity index (χ1n) is 16.2. The van der Waals surface area contributed by atoms with Gasteiger partial charge in [0.25, 0.3) is 0 Å². The third-order valence-corrected chi connectivity index (χ3v) is 10.7. The monoisotopic (exact) mass is 578 g/mol. The zero-order valence-electron chi connectivity index (χ0n) is 29.1. The van der Waals surface area contributed by atoms with Gasteiger partial charge in [-0.15, -0.1) is 0 Å². The summed E-state index contributed by atoms with van der Waals surface area (Å²) in [5.74, 6) is 0.345. The van der Waals surface area contributed by atoms with Gasteiger partial charge in [-0.2, -0.15) is 0 Å². The van der Waals surface area contributed by atoms with Crippen molar-refractivity contribution in [3.63, 3.8) is 0 Å². The Morgan fingerprint density at radius 1 is 0.250 bits per heavy atom. The van der Waals surface area contributed by atoms with Crippen molar-refractivity contribution in [2.24, 2.45) is 0 Å². The molecule has 0 heteroatoms. The highest BCUT2D eigenvalue weighted by Gasteiger charge is 2.23. The fraction of sp³-hybridized carbons (Fsp3) is 0.318. The Morgan fingerprint density at radius 2 is 0.409 bits per heavy atom. The summed E-state index contributed by atoms with van der Waals surface area (Å²) in [5, 5.41) is 0. The lowest BCUT2D eigenvalue weighted by Gasteiger charge is -2.25. The van der Waals surface area contributed by atoms with E-state index in [0.717, 1.165) is 0 Å². The molecule has 0 nitrogen and oxygen atoms in total. The van der Waals surface area contributed by atoms with Crippen LogP contribution in [0.25, 0.3) is 0 Å². The van der Waals surface area contributed by atoms with Crippen LogP contribution in [0.1, 0.15) is 112 Å². The lowest BCUT2D eigenvalue weighted by atomic mass is 9.79. The fourth-order valence-corrected chi connectivity index (χ4v) is 6.98. The van der Waals surface area contributed by atoms with E-state index in [4.69, 9.17) is 0 Å². The SMILES string of the molecule is Cc1cc(C(c2ccc(C(c3cc(C)c(C)c(C)c3)c3cc(C)c(C)c(C)c3)cc2)c2cc(C)c(C)c(C)c2)cc(C)c1C. The van der Waals surface area contributed by atoms with E-state index >= 15 is 0 Å². The Hall–Kier alpha value is -3.90. The van der Waals surface area contributed by atoms with Crippen LogP contribution in [0.5, 0.6) is 0 Å². The number of benzene rings is 5. The van der Waals surface area contributed by atoms with E-state index in [1.807, 2.05) is 0 Å². The first-order chi connectivity index (χ1) is 20.8. The lowest BCUT2D eigenvalue weighted by molar-refractivity contribution is 0.935. The molecule has 0 aliphatic carbocycles. The molecule has 0 radical (unpaired) electrons. The molecule has 0 spiro atoms. The van der Waals surface area contributed by atoms with Crippen LogP contribution in [-0.2, 0) is 0 Å². The van der Waals surface area contributed by atoms with Crippen LogP contribution in [-0.4, -0.2) is 0 Å². The number of hydrogen-bond acceptors (Lipinski definition) is 0. The van der Waals surface area contributed by atoms with Gasteiger partial charge in [0.15, 0.2) is 0 Å². The maximum absolute atomic E-state index is 2.41. The van der Waals surface area contributed by atoms with Crippen molar-refractivity contribution in [3.05, 3.63) is 173 Å². The van der Waals surface area contributed by atoms with Crippen LogP contribution in [0.4, 0.5) is 0 Å². The highest BCUT2D eigenvalue weighted by atomic mass is 14.3. The predicted octanol–water partition coefficient (Wildman–Crippen LogP) is 11.7. The van der Waals surface area contributed by atoms with Crippen molar-refractivity contribution in [3.8, 4) is 0 Å². The second-order valence-electron chi connectivity index (χ2n) is 13.7. The fourth-order valence-electron chi connectivity index (χ4n) is 6.98. The van der Waals surface area contributed by atoms with Gasteiger partial charge in [-0.25, -0.2) is 0 Å². The van der Waals surface area contributed by atoms with Gasteiger partial charge in [0, 0.05) is 11.8 Å². The van der Waals surface area contributed by atoms with Gasteiger partial charge < -0.3 is 0 Å². The first-order valence-corrected chi connectivity index (χ1v) is 16.2. The van der Waals surface area contributed by atoms with Gasteiger partial charge in [0.05, 0.1) is 0 Å². The Kier molecular flexibility index (Phi) is 8.77. The van der Waals surface area contributed by atoms with Crippen molar-refractivity contribution in [1.82, 2.24) is 0 Å². The molecule has 0 saturated carbocycles. The van der Waals surface area contributed by atoms with Crippen LogP contribution >= 0.6 is 0 Å². The first kappa shape index (κ1) is 31.5.